The molecule has 0 heterocycles. The SMILES string of the molecule is [O-]/[N+](=N\O)c1ccccc1.[O-]/[N+](=N\O)c1ccccc1.[Pb]. The first kappa shape index (κ1) is 18.8. The predicted molar refractivity (Wildman–Crippen MR) is 73.6 cm³/mol. The Bertz CT molecular complexity index is 525. The van der Waals surface area contributed by atoms with Gasteiger partial charge in [0.25, 0.3) is 0 Å². The van der Waals surface area contributed by atoms with Crippen LogP contribution in [0.25, 0.3) is 0 Å². The third kappa shape index (κ3) is 6.65. The van der Waals surface area contributed by atoms with Crippen LogP contribution in [-0.4, -0.2) is 47.4 Å². The fourth-order valence-electron chi connectivity index (χ4n) is 1.21. The van der Waals surface area contributed by atoms with Crippen molar-refractivity contribution in [3.05, 3.63) is 71.1 Å². The molecule has 4 radical (unpaired) electrons. The fourth-order valence-corrected chi connectivity index (χ4v) is 1.21. The molecule has 0 fully saturated rings. The van der Waals surface area contributed by atoms with Crippen molar-refractivity contribution in [3.8, 4) is 0 Å². The molecule has 2 rings (SSSR count). The van der Waals surface area contributed by atoms with Crippen LogP contribution in [0.2, 0.25) is 0 Å². The van der Waals surface area contributed by atoms with Crippen molar-refractivity contribution in [2.24, 2.45) is 10.6 Å². The summed E-state index contributed by atoms with van der Waals surface area (Å²) >= 11 is 0. The zero-order valence-corrected chi connectivity index (χ0v) is 14.7. The Balaban J connectivity index is 0.000000364. The van der Waals surface area contributed by atoms with E-state index < -0.39 is 0 Å². The Kier molecular flexibility index (Phi) is 9.41. The summed E-state index contributed by atoms with van der Waals surface area (Å²) < 4.78 is 0. The Morgan fingerprint density at radius 3 is 1.19 bits per heavy atom. The summed E-state index contributed by atoms with van der Waals surface area (Å²) in [6, 6.07) is 16.5. The summed E-state index contributed by atoms with van der Waals surface area (Å²) in [6.07, 6.45) is 0. The standard InChI is InChI=1S/2C6H6N2O2.Pb/c2*9-7-8(10)6-4-2-1-3-5-6;/h2*1-5,9H;/b2*8-7-;. The van der Waals surface area contributed by atoms with Gasteiger partial charge in [0.15, 0.2) is 0 Å². The summed E-state index contributed by atoms with van der Waals surface area (Å²) in [6.45, 7) is 0. The summed E-state index contributed by atoms with van der Waals surface area (Å²) in [7, 11) is 0. The van der Waals surface area contributed by atoms with Gasteiger partial charge in [-0.3, -0.25) is 0 Å². The quantitative estimate of drug-likeness (QED) is 0.296. The number of nitrogens with zero attached hydrogens (tertiary/aromatic N) is 4. The van der Waals surface area contributed by atoms with Gasteiger partial charge < -0.3 is 20.8 Å². The zero-order valence-electron chi connectivity index (χ0n) is 10.8. The van der Waals surface area contributed by atoms with Crippen LogP contribution >= 0.6 is 0 Å². The van der Waals surface area contributed by atoms with E-state index in [9.17, 15) is 10.4 Å². The molecule has 0 spiro atoms. The van der Waals surface area contributed by atoms with Gasteiger partial charge in [-0.2, -0.15) is 0 Å². The molecule has 0 saturated heterocycles. The van der Waals surface area contributed by atoms with Gasteiger partial charge in [-0.05, 0) is 9.72 Å². The van der Waals surface area contributed by atoms with Gasteiger partial charge in [0.2, 0.25) is 21.9 Å². The van der Waals surface area contributed by atoms with Gasteiger partial charge in [-0.25, -0.2) is 0 Å². The van der Waals surface area contributed by atoms with Crippen LogP contribution in [0.5, 0.6) is 0 Å². The zero-order chi connectivity index (χ0) is 14.8. The minimum absolute atomic E-state index is 0. The molecule has 0 aliphatic carbocycles. The van der Waals surface area contributed by atoms with Crippen LogP contribution in [-0.2, 0) is 0 Å². The van der Waals surface area contributed by atoms with Gasteiger partial charge in [-0.15, -0.1) is 0 Å². The van der Waals surface area contributed by atoms with Crippen molar-refractivity contribution in [3.63, 3.8) is 0 Å². The molecule has 2 aromatic carbocycles. The van der Waals surface area contributed by atoms with Crippen molar-refractivity contribution in [1.29, 1.82) is 0 Å². The minimum Gasteiger partial charge on any atom is -0.592 e. The van der Waals surface area contributed by atoms with E-state index in [4.69, 9.17) is 10.4 Å². The Hall–Kier alpha value is -2.24. The number of hydrogen-bond donors (Lipinski definition) is 2. The van der Waals surface area contributed by atoms with Crippen molar-refractivity contribution in [1.82, 2.24) is 0 Å². The monoisotopic (exact) mass is 484 g/mol. The molecule has 0 amide bonds. The van der Waals surface area contributed by atoms with Crippen molar-refractivity contribution in [2.75, 3.05) is 0 Å². The van der Waals surface area contributed by atoms with E-state index in [0.717, 1.165) is 0 Å². The molecule has 0 saturated carbocycles. The van der Waals surface area contributed by atoms with Gasteiger partial charge in [0.05, 0.1) is 0 Å². The topological polar surface area (TPSA) is 117 Å². The molecule has 8 nitrogen and oxygen atoms in total. The molecule has 0 unspecified atom stereocenters. The molecule has 0 aliphatic heterocycles. The van der Waals surface area contributed by atoms with Gasteiger partial charge in [0, 0.05) is 51.6 Å². The second-order valence-corrected chi connectivity index (χ2v) is 3.40. The minimum atomic E-state index is 0. The van der Waals surface area contributed by atoms with Crippen molar-refractivity contribution >= 4 is 38.7 Å². The van der Waals surface area contributed by atoms with E-state index in [1.54, 1.807) is 60.7 Å². The van der Waals surface area contributed by atoms with E-state index in [0.29, 0.717) is 11.4 Å². The predicted octanol–water partition coefficient (Wildman–Crippen LogP) is 2.96. The molecule has 108 valence electrons. The largest absolute Gasteiger partial charge is 0.592 e. The molecule has 0 atom stereocenters. The van der Waals surface area contributed by atoms with E-state index in [1.165, 1.54) is 0 Å². The number of benzene rings is 2. The summed E-state index contributed by atoms with van der Waals surface area (Å²) in [4.78, 5) is 0.278. The molecule has 2 N–H and O–H groups in total. The van der Waals surface area contributed by atoms with E-state index in [-0.39, 0.29) is 37.0 Å². The molecule has 0 bridgehead atoms. The Labute approximate surface area is 140 Å². The van der Waals surface area contributed by atoms with E-state index in [1.807, 2.05) is 0 Å². The first-order valence-corrected chi connectivity index (χ1v) is 5.43. The van der Waals surface area contributed by atoms with Crippen molar-refractivity contribution in [2.45, 2.75) is 0 Å². The van der Waals surface area contributed by atoms with Crippen LogP contribution in [0.15, 0.2) is 71.2 Å². The normalized spacial score (nSPS) is 10.9. The number of para-hydroxylation sites is 2. The summed E-state index contributed by atoms with van der Waals surface area (Å²) in [5.74, 6) is 0. The molecule has 9 heteroatoms. The van der Waals surface area contributed by atoms with Crippen LogP contribution in [0.1, 0.15) is 0 Å². The van der Waals surface area contributed by atoms with Crippen LogP contribution < -0.4 is 0 Å². The maximum Gasteiger partial charge on any atom is 0.248 e. The average Bonchev–Trinajstić information content (AvgIpc) is 2.55. The molecule has 21 heavy (non-hydrogen) atoms. The van der Waals surface area contributed by atoms with E-state index in [2.05, 4.69) is 10.6 Å². The first-order chi connectivity index (χ1) is 9.69. The maximum atomic E-state index is 10.5. The van der Waals surface area contributed by atoms with Gasteiger partial charge in [0.1, 0.15) is 0 Å². The molecular formula is C12H12N4O4Pb. The van der Waals surface area contributed by atoms with Gasteiger partial charge in [-0.1, -0.05) is 36.4 Å². The Morgan fingerprint density at radius 1 is 0.667 bits per heavy atom. The van der Waals surface area contributed by atoms with Crippen LogP contribution in [0.3, 0.4) is 0 Å². The molecule has 0 aliphatic rings. The smallest absolute Gasteiger partial charge is 0.248 e. The first-order valence-electron chi connectivity index (χ1n) is 5.43. The summed E-state index contributed by atoms with van der Waals surface area (Å²) in [5, 5.41) is 42.0. The third-order valence-electron chi connectivity index (χ3n) is 2.12. The van der Waals surface area contributed by atoms with Gasteiger partial charge >= 0.3 is 0 Å². The van der Waals surface area contributed by atoms with E-state index >= 15 is 0 Å². The number of hydrogen-bond acceptors (Lipinski definition) is 4. The second-order valence-electron chi connectivity index (χ2n) is 3.40. The second kappa shape index (κ2) is 10.5. The molecular weight excluding hydrogens is 471 g/mol. The molecule has 0 aromatic heterocycles. The van der Waals surface area contributed by atoms with Crippen LogP contribution in [0.4, 0.5) is 11.4 Å². The number of rotatable bonds is 2. The molecule has 2 aromatic rings. The maximum absolute atomic E-state index is 10.5. The third-order valence-corrected chi connectivity index (χ3v) is 2.12. The fraction of sp³-hybridized carbons (Fsp3) is 0. The summed E-state index contributed by atoms with van der Waals surface area (Å²) in [5.41, 5.74) is 0.620. The van der Waals surface area contributed by atoms with Crippen LogP contribution in [0, 0.1) is 10.4 Å². The average molecular weight is 483 g/mol. The Morgan fingerprint density at radius 2 is 0.952 bits per heavy atom. The van der Waals surface area contributed by atoms with Crippen molar-refractivity contribution < 1.29 is 20.1 Å².